The van der Waals surface area contributed by atoms with Crippen molar-refractivity contribution < 1.29 is 19.4 Å². The number of hydrogen-bond acceptors (Lipinski definition) is 6. The van der Waals surface area contributed by atoms with Crippen LogP contribution in [-0.2, 0) is 11.3 Å². The van der Waals surface area contributed by atoms with Crippen molar-refractivity contribution in [3.63, 3.8) is 0 Å². The Kier molecular flexibility index (Phi) is 5.66. The van der Waals surface area contributed by atoms with E-state index >= 15 is 0 Å². The number of benzene rings is 1. The first kappa shape index (κ1) is 18.8. The van der Waals surface area contributed by atoms with Gasteiger partial charge in [-0.25, -0.2) is 14.8 Å². The van der Waals surface area contributed by atoms with Gasteiger partial charge < -0.3 is 20.1 Å². The fraction of sp³-hybridized carbons (Fsp3) is 0.368. The van der Waals surface area contributed by atoms with Gasteiger partial charge in [0.2, 0.25) is 0 Å². The molecule has 0 saturated carbocycles. The molecule has 1 aromatic carbocycles. The van der Waals surface area contributed by atoms with Crippen LogP contribution in [0.15, 0.2) is 36.7 Å². The van der Waals surface area contributed by atoms with Crippen molar-refractivity contribution in [2.24, 2.45) is 0 Å². The number of aromatic carboxylic acids is 1. The molecule has 1 aliphatic heterocycles. The predicted molar refractivity (Wildman–Crippen MR) is 98.7 cm³/mol. The Labute approximate surface area is 157 Å². The van der Waals surface area contributed by atoms with Crippen LogP contribution in [0.3, 0.4) is 0 Å². The summed E-state index contributed by atoms with van der Waals surface area (Å²) in [7, 11) is 0. The summed E-state index contributed by atoms with van der Waals surface area (Å²) in [6, 6.07) is 7.38. The van der Waals surface area contributed by atoms with Crippen LogP contribution < -0.4 is 5.32 Å². The first-order valence-corrected chi connectivity index (χ1v) is 8.75. The van der Waals surface area contributed by atoms with Crippen LogP contribution in [-0.4, -0.2) is 57.1 Å². The SMILES string of the molecule is CC1CN(C(=O)c2ccc(CNc3cnc(C(=O)O)cn3)cc2)CC(C)O1. The monoisotopic (exact) mass is 370 g/mol. The smallest absolute Gasteiger partial charge is 0.356 e. The number of carbonyl (C=O) groups excluding carboxylic acids is 1. The van der Waals surface area contributed by atoms with Crippen molar-refractivity contribution >= 4 is 17.7 Å². The van der Waals surface area contributed by atoms with Gasteiger partial charge in [0.05, 0.1) is 24.6 Å². The van der Waals surface area contributed by atoms with E-state index in [1.165, 1.54) is 12.4 Å². The zero-order valence-electron chi connectivity index (χ0n) is 15.3. The average molecular weight is 370 g/mol. The second-order valence-corrected chi connectivity index (χ2v) is 6.61. The lowest BCUT2D eigenvalue weighted by atomic mass is 10.1. The summed E-state index contributed by atoms with van der Waals surface area (Å²) in [5, 5.41) is 11.9. The number of ether oxygens (including phenoxy) is 1. The minimum absolute atomic E-state index is 0.00614. The average Bonchev–Trinajstić information content (AvgIpc) is 2.66. The highest BCUT2D eigenvalue weighted by Crippen LogP contribution is 2.15. The van der Waals surface area contributed by atoms with Crippen molar-refractivity contribution in [1.29, 1.82) is 0 Å². The molecule has 0 spiro atoms. The van der Waals surface area contributed by atoms with Gasteiger partial charge in [-0.15, -0.1) is 0 Å². The summed E-state index contributed by atoms with van der Waals surface area (Å²) in [5.41, 5.74) is 1.51. The van der Waals surface area contributed by atoms with Gasteiger partial charge in [-0.2, -0.15) is 0 Å². The van der Waals surface area contributed by atoms with Gasteiger partial charge in [0, 0.05) is 25.2 Å². The molecule has 8 heteroatoms. The zero-order valence-corrected chi connectivity index (χ0v) is 15.3. The van der Waals surface area contributed by atoms with E-state index in [-0.39, 0.29) is 23.8 Å². The third-order valence-electron chi connectivity index (χ3n) is 4.25. The molecule has 1 aromatic heterocycles. The lowest BCUT2D eigenvalue weighted by Crippen LogP contribution is -2.48. The molecular formula is C19H22N4O4. The normalized spacial score (nSPS) is 19.6. The number of amides is 1. The Morgan fingerprint density at radius 2 is 1.81 bits per heavy atom. The number of anilines is 1. The summed E-state index contributed by atoms with van der Waals surface area (Å²) in [4.78, 5) is 33.1. The molecule has 142 valence electrons. The second kappa shape index (κ2) is 8.13. The molecule has 1 saturated heterocycles. The van der Waals surface area contributed by atoms with Crippen LogP contribution >= 0.6 is 0 Å². The number of hydrogen-bond donors (Lipinski definition) is 2. The van der Waals surface area contributed by atoms with E-state index in [0.29, 0.717) is 31.0 Å². The van der Waals surface area contributed by atoms with Crippen LogP contribution in [0.2, 0.25) is 0 Å². The maximum absolute atomic E-state index is 12.7. The van der Waals surface area contributed by atoms with E-state index in [9.17, 15) is 9.59 Å². The minimum Gasteiger partial charge on any atom is -0.476 e. The number of morpholine rings is 1. The Morgan fingerprint density at radius 3 is 2.37 bits per heavy atom. The number of nitrogens with one attached hydrogen (secondary N) is 1. The minimum atomic E-state index is -1.11. The van der Waals surface area contributed by atoms with Crippen molar-refractivity contribution in [2.75, 3.05) is 18.4 Å². The summed E-state index contributed by atoms with van der Waals surface area (Å²) in [6.07, 6.45) is 2.66. The van der Waals surface area contributed by atoms with Crippen LogP contribution in [0.25, 0.3) is 0 Å². The highest BCUT2D eigenvalue weighted by atomic mass is 16.5. The summed E-state index contributed by atoms with van der Waals surface area (Å²) in [5.74, 6) is -0.624. The van der Waals surface area contributed by atoms with E-state index in [4.69, 9.17) is 9.84 Å². The Balaban J connectivity index is 1.58. The quantitative estimate of drug-likeness (QED) is 0.830. The number of aromatic nitrogens is 2. The predicted octanol–water partition coefficient (Wildman–Crippen LogP) is 2.04. The molecule has 8 nitrogen and oxygen atoms in total. The zero-order chi connectivity index (χ0) is 19.4. The lowest BCUT2D eigenvalue weighted by molar-refractivity contribution is -0.0586. The second-order valence-electron chi connectivity index (χ2n) is 6.61. The summed E-state index contributed by atoms with van der Waals surface area (Å²) in [6.45, 7) is 5.61. The number of carboxylic acid groups (broad SMARTS) is 1. The molecule has 0 aliphatic carbocycles. The van der Waals surface area contributed by atoms with E-state index < -0.39 is 5.97 Å². The Morgan fingerprint density at radius 1 is 1.15 bits per heavy atom. The fourth-order valence-corrected chi connectivity index (χ4v) is 3.01. The Bertz CT molecular complexity index is 797. The summed E-state index contributed by atoms with van der Waals surface area (Å²) < 4.78 is 5.67. The van der Waals surface area contributed by atoms with E-state index in [1.54, 1.807) is 0 Å². The lowest BCUT2D eigenvalue weighted by Gasteiger charge is -2.35. The number of carbonyl (C=O) groups is 2. The molecule has 3 rings (SSSR count). The molecular weight excluding hydrogens is 348 g/mol. The molecule has 1 amide bonds. The van der Waals surface area contributed by atoms with Gasteiger partial charge in [0.15, 0.2) is 5.69 Å². The number of nitrogens with zero attached hydrogens (tertiary/aromatic N) is 3. The van der Waals surface area contributed by atoms with Crippen molar-refractivity contribution in [3.05, 3.63) is 53.5 Å². The largest absolute Gasteiger partial charge is 0.476 e. The van der Waals surface area contributed by atoms with Crippen LogP contribution in [0.5, 0.6) is 0 Å². The molecule has 2 aromatic rings. The van der Waals surface area contributed by atoms with Gasteiger partial charge in [-0.3, -0.25) is 4.79 Å². The maximum Gasteiger partial charge on any atom is 0.356 e. The van der Waals surface area contributed by atoms with Crippen LogP contribution in [0.4, 0.5) is 5.82 Å². The molecule has 2 atom stereocenters. The van der Waals surface area contributed by atoms with Gasteiger partial charge >= 0.3 is 5.97 Å². The molecule has 0 radical (unpaired) electrons. The molecule has 27 heavy (non-hydrogen) atoms. The molecule has 0 bridgehead atoms. The van der Waals surface area contributed by atoms with Gasteiger partial charge in [-0.05, 0) is 31.5 Å². The third-order valence-corrected chi connectivity index (χ3v) is 4.25. The van der Waals surface area contributed by atoms with Gasteiger partial charge in [0.1, 0.15) is 5.82 Å². The van der Waals surface area contributed by atoms with Gasteiger partial charge in [-0.1, -0.05) is 12.1 Å². The standard InChI is InChI=1S/C19H22N4O4/c1-12-10-23(11-13(2)27-12)18(24)15-5-3-14(4-6-15)7-21-17-9-20-16(8-22-17)19(25)26/h3-6,8-9,12-13H,7,10-11H2,1-2H3,(H,21,22)(H,25,26). The maximum atomic E-state index is 12.7. The highest BCUT2D eigenvalue weighted by molar-refractivity contribution is 5.94. The van der Waals surface area contributed by atoms with Crippen LogP contribution in [0.1, 0.15) is 40.3 Å². The van der Waals surface area contributed by atoms with E-state index in [2.05, 4.69) is 15.3 Å². The first-order chi connectivity index (χ1) is 12.9. The molecule has 2 unspecified atom stereocenters. The summed E-state index contributed by atoms with van der Waals surface area (Å²) >= 11 is 0. The molecule has 1 aliphatic rings. The Hall–Kier alpha value is -3.00. The van der Waals surface area contributed by atoms with Crippen molar-refractivity contribution in [2.45, 2.75) is 32.6 Å². The van der Waals surface area contributed by atoms with Crippen molar-refractivity contribution in [3.8, 4) is 0 Å². The number of rotatable bonds is 5. The molecule has 2 N–H and O–H groups in total. The number of carboxylic acids is 1. The molecule has 2 heterocycles. The van der Waals surface area contributed by atoms with E-state index in [0.717, 1.165) is 5.56 Å². The molecule has 1 fully saturated rings. The van der Waals surface area contributed by atoms with E-state index in [1.807, 2.05) is 43.0 Å². The van der Waals surface area contributed by atoms with Gasteiger partial charge in [0.25, 0.3) is 5.91 Å². The fourth-order valence-electron chi connectivity index (χ4n) is 3.01. The highest BCUT2D eigenvalue weighted by Gasteiger charge is 2.26. The van der Waals surface area contributed by atoms with Crippen LogP contribution in [0, 0.1) is 0 Å². The topological polar surface area (TPSA) is 105 Å². The first-order valence-electron chi connectivity index (χ1n) is 8.75. The van der Waals surface area contributed by atoms with Crippen molar-refractivity contribution in [1.82, 2.24) is 14.9 Å². The third kappa shape index (κ3) is 4.79.